The van der Waals surface area contributed by atoms with Gasteiger partial charge in [0.05, 0.1) is 15.7 Å². The number of benzene rings is 6. The van der Waals surface area contributed by atoms with Gasteiger partial charge in [-0.3, -0.25) is 0 Å². The van der Waals surface area contributed by atoms with Crippen molar-refractivity contribution in [3.05, 3.63) is 145 Å². The van der Waals surface area contributed by atoms with Crippen LogP contribution in [0.3, 0.4) is 0 Å². The van der Waals surface area contributed by atoms with Gasteiger partial charge in [0.2, 0.25) is 0 Å². The van der Waals surface area contributed by atoms with Crippen LogP contribution in [0.15, 0.2) is 148 Å². The Balaban J connectivity index is 1.43. The summed E-state index contributed by atoms with van der Waals surface area (Å²) in [6, 6.07) is 46.2. The number of fused-ring (bicyclic) bond motifs is 10. The van der Waals surface area contributed by atoms with Gasteiger partial charge in [0.1, 0.15) is 6.67 Å². The molecular weight excluding hydrogens is 545 g/mol. The smallest absolute Gasteiger partial charge is 0.161 e. The number of nitrogens with zero attached hydrogens (tertiary/aromatic N) is 4. The molecular formula is C38H26N4S. The molecule has 8 aromatic rings. The second kappa shape index (κ2) is 10.5. The highest BCUT2D eigenvalue weighted by Gasteiger charge is 2.20. The zero-order valence-corrected chi connectivity index (χ0v) is 24.1. The summed E-state index contributed by atoms with van der Waals surface area (Å²) < 4.78 is 4.93. The van der Waals surface area contributed by atoms with E-state index in [0.717, 1.165) is 16.6 Å². The zero-order valence-electron chi connectivity index (χ0n) is 23.3. The first-order chi connectivity index (χ1) is 21.3. The Labute approximate surface area is 252 Å². The van der Waals surface area contributed by atoms with Crippen molar-refractivity contribution in [2.75, 3.05) is 0 Å². The lowest BCUT2D eigenvalue weighted by atomic mass is 9.99. The number of thiophene rings is 1. The number of hydrogen-bond acceptors (Lipinski definition) is 2. The molecule has 2 heterocycles. The normalized spacial score (nSPS) is 12.7. The number of amidine groups is 2. The summed E-state index contributed by atoms with van der Waals surface area (Å²) in [6.07, 6.45) is 0. The first-order valence-electron chi connectivity index (χ1n) is 14.3. The van der Waals surface area contributed by atoms with E-state index in [9.17, 15) is 0 Å². The summed E-state index contributed by atoms with van der Waals surface area (Å²) in [6.45, 7) is 4.22. The molecule has 0 atom stereocenters. The van der Waals surface area contributed by atoms with Crippen molar-refractivity contribution in [2.45, 2.75) is 6.67 Å². The monoisotopic (exact) mass is 570 g/mol. The first-order valence-corrected chi connectivity index (χ1v) is 15.1. The minimum absolute atomic E-state index is 0.401. The maximum Gasteiger partial charge on any atom is 0.161 e. The highest BCUT2D eigenvalue weighted by atomic mass is 32.1. The van der Waals surface area contributed by atoms with Crippen LogP contribution in [-0.2, 0) is 6.67 Å². The van der Waals surface area contributed by atoms with Crippen molar-refractivity contribution in [1.29, 1.82) is 0 Å². The fraction of sp³-hybridized carbons (Fsp3) is 0.0263. The standard InChI is InChI=1S/C38H26N4S/c1-39-37(25-14-4-2-5-15-25)41-38(26-16-6-3-7-17-26)40-24-42-31-22-12-10-20-29(31)33-27-18-8-9-19-28(27)34-30-21-11-13-23-32(30)43-36(34)35(33)42/h2-23H,1,24H2/b40-38-,41-37-. The number of hydrogen-bond donors (Lipinski definition) is 0. The van der Waals surface area contributed by atoms with Crippen LogP contribution in [0.4, 0.5) is 0 Å². The van der Waals surface area contributed by atoms with Crippen LogP contribution in [0.25, 0.3) is 52.8 Å². The fourth-order valence-corrected chi connectivity index (χ4v) is 7.43. The van der Waals surface area contributed by atoms with Gasteiger partial charge in [-0.1, -0.05) is 121 Å². The molecule has 0 fully saturated rings. The van der Waals surface area contributed by atoms with E-state index in [-0.39, 0.29) is 0 Å². The third kappa shape index (κ3) is 4.17. The summed E-state index contributed by atoms with van der Waals surface area (Å²) in [5.41, 5.74) is 4.19. The topological polar surface area (TPSA) is 42.0 Å². The summed E-state index contributed by atoms with van der Waals surface area (Å²) >= 11 is 1.86. The molecule has 0 aliphatic rings. The van der Waals surface area contributed by atoms with Crippen LogP contribution in [0.2, 0.25) is 0 Å². The van der Waals surface area contributed by atoms with Crippen LogP contribution in [0, 0.1) is 0 Å². The quantitative estimate of drug-likeness (QED) is 0.149. The van der Waals surface area contributed by atoms with Gasteiger partial charge < -0.3 is 4.57 Å². The summed E-state index contributed by atoms with van der Waals surface area (Å²) in [4.78, 5) is 14.4. The van der Waals surface area contributed by atoms with Gasteiger partial charge in [0, 0.05) is 37.4 Å². The van der Waals surface area contributed by atoms with Crippen LogP contribution in [0.5, 0.6) is 0 Å². The Morgan fingerprint density at radius 2 is 1.14 bits per heavy atom. The number of aliphatic imine (C=N–C) groups is 3. The molecule has 5 heteroatoms. The molecule has 8 rings (SSSR count). The molecule has 0 unspecified atom stereocenters. The third-order valence-corrected chi connectivity index (χ3v) is 9.21. The van der Waals surface area contributed by atoms with Crippen molar-refractivity contribution in [3.8, 4) is 0 Å². The third-order valence-electron chi connectivity index (χ3n) is 8.03. The SMILES string of the molecule is C=N/C(=N\C(=N/Cn1c2ccccc2c2c3ccccc3c3c4ccccc4sc3c21)c1ccccc1)c1ccccc1. The molecule has 0 amide bonds. The molecule has 0 bridgehead atoms. The Morgan fingerprint density at radius 1 is 0.581 bits per heavy atom. The lowest BCUT2D eigenvalue weighted by Crippen LogP contribution is -2.07. The molecule has 0 aliphatic heterocycles. The van der Waals surface area contributed by atoms with Crippen LogP contribution in [0.1, 0.15) is 11.1 Å². The summed E-state index contributed by atoms with van der Waals surface area (Å²) in [5.74, 6) is 1.16. The second-order valence-electron chi connectivity index (χ2n) is 10.5. The fourth-order valence-electron chi connectivity index (χ4n) is 6.15. The number of aromatic nitrogens is 1. The van der Waals surface area contributed by atoms with Crippen LogP contribution in [-0.4, -0.2) is 23.0 Å². The van der Waals surface area contributed by atoms with Crippen molar-refractivity contribution in [2.24, 2.45) is 15.0 Å². The van der Waals surface area contributed by atoms with Gasteiger partial charge in [-0.25, -0.2) is 15.0 Å². The first kappa shape index (κ1) is 25.3. The maximum absolute atomic E-state index is 5.20. The van der Waals surface area contributed by atoms with Crippen LogP contribution >= 0.6 is 11.3 Å². The van der Waals surface area contributed by atoms with E-state index in [4.69, 9.17) is 9.98 Å². The highest BCUT2D eigenvalue weighted by molar-refractivity contribution is 7.27. The van der Waals surface area contributed by atoms with Crippen molar-refractivity contribution in [3.63, 3.8) is 0 Å². The lowest BCUT2D eigenvalue weighted by molar-refractivity contribution is 0.794. The molecule has 43 heavy (non-hydrogen) atoms. The zero-order chi connectivity index (χ0) is 28.8. The van der Waals surface area contributed by atoms with Crippen molar-refractivity contribution in [1.82, 2.24) is 4.57 Å². The molecule has 0 radical (unpaired) electrons. The van der Waals surface area contributed by atoms with Gasteiger partial charge in [-0.15, -0.1) is 11.3 Å². The average molecular weight is 571 g/mol. The van der Waals surface area contributed by atoms with E-state index >= 15 is 0 Å². The average Bonchev–Trinajstić information content (AvgIpc) is 3.62. The number of para-hydroxylation sites is 1. The largest absolute Gasteiger partial charge is 0.319 e. The lowest BCUT2D eigenvalue weighted by Gasteiger charge is -2.10. The van der Waals surface area contributed by atoms with Gasteiger partial charge >= 0.3 is 0 Å². The molecule has 0 saturated heterocycles. The Morgan fingerprint density at radius 3 is 1.84 bits per heavy atom. The Kier molecular flexibility index (Phi) is 6.16. The summed E-state index contributed by atoms with van der Waals surface area (Å²) in [7, 11) is 0. The van der Waals surface area contributed by atoms with Crippen molar-refractivity contribution >= 4 is 82.5 Å². The number of rotatable bonds is 4. The summed E-state index contributed by atoms with van der Waals surface area (Å²) in [5, 5.41) is 7.64. The molecule has 6 aromatic carbocycles. The highest BCUT2D eigenvalue weighted by Crippen LogP contribution is 2.46. The predicted octanol–water partition coefficient (Wildman–Crippen LogP) is 9.87. The molecule has 2 aromatic heterocycles. The van der Waals surface area contributed by atoms with E-state index in [1.54, 1.807) is 0 Å². The van der Waals surface area contributed by atoms with E-state index < -0.39 is 0 Å². The van der Waals surface area contributed by atoms with E-state index in [1.165, 1.54) is 47.2 Å². The molecule has 0 N–H and O–H groups in total. The molecule has 4 nitrogen and oxygen atoms in total. The Bertz CT molecular complexity index is 2380. The molecule has 204 valence electrons. The minimum Gasteiger partial charge on any atom is -0.319 e. The minimum atomic E-state index is 0.401. The van der Waals surface area contributed by atoms with Gasteiger partial charge in [0.25, 0.3) is 0 Å². The van der Waals surface area contributed by atoms with E-state index in [1.807, 2.05) is 72.0 Å². The van der Waals surface area contributed by atoms with Crippen LogP contribution < -0.4 is 0 Å². The van der Waals surface area contributed by atoms with E-state index in [2.05, 4.69) is 89.1 Å². The maximum atomic E-state index is 5.20. The van der Waals surface area contributed by atoms with Gasteiger partial charge in [0.15, 0.2) is 11.7 Å². The van der Waals surface area contributed by atoms with E-state index in [0.29, 0.717) is 18.3 Å². The molecule has 0 aliphatic carbocycles. The molecule has 0 spiro atoms. The Hall–Kier alpha value is -5.39. The second-order valence-corrected chi connectivity index (χ2v) is 11.5. The van der Waals surface area contributed by atoms with Crippen molar-refractivity contribution < 1.29 is 0 Å². The van der Waals surface area contributed by atoms with Gasteiger partial charge in [-0.2, -0.15) is 0 Å². The molecule has 0 saturated carbocycles. The van der Waals surface area contributed by atoms with Gasteiger partial charge in [-0.05, 0) is 29.6 Å². The predicted molar refractivity (Wildman–Crippen MR) is 185 cm³/mol.